The summed E-state index contributed by atoms with van der Waals surface area (Å²) in [5, 5.41) is 0. The van der Waals surface area contributed by atoms with Gasteiger partial charge in [-0.25, -0.2) is 12.8 Å². The lowest BCUT2D eigenvalue weighted by molar-refractivity contribution is 0.337. The predicted octanol–water partition coefficient (Wildman–Crippen LogP) is 1.99. The molecule has 0 N–H and O–H groups in total. The Labute approximate surface area is 99.1 Å². The molecule has 0 amide bonds. The molecule has 1 aromatic carbocycles. The molecule has 0 radical (unpaired) electrons. The Kier molecular flexibility index (Phi) is 4.56. The first-order chi connectivity index (χ1) is 7.42. The van der Waals surface area contributed by atoms with E-state index < -0.39 is 15.7 Å². The standard InChI is InChI=1S/C10H12ClFO3S/c1-16(13,14)5-4-15-10-3-2-9(12)6-8(10)7-11/h2-3,6H,4-5,7H2,1H3. The molecule has 16 heavy (non-hydrogen) atoms. The molecule has 0 aliphatic rings. The Hall–Kier alpha value is -0.810. The quantitative estimate of drug-likeness (QED) is 0.766. The molecule has 0 aromatic heterocycles. The molecule has 0 spiro atoms. The summed E-state index contributed by atoms with van der Waals surface area (Å²) in [4.78, 5) is 0. The summed E-state index contributed by atoms with van der Waals surface area (Å²) in [5.74, 6) is 0.0593. The third-order valence-corrected chi connectivity index (χ3v) is 3.07. The zero-order valence-corrected chi connectivity index (χ0v) is 10.3. The Morgan fingerprint density at radius 2 is 2.12 bits per heavy atom. The molecule has 0 saturated carbocycles. The van der Waals surface area contributed by atoms with Crippen molar-refractivity contribution in [2.24, 2.45) is 0 Å². The maximum absolute atomic E-state index is 12.8. The largest absolute Gasteiger partial charge is 0.492 e. The maximum Gasteiger partial charge on any atom is 0.150 e. The highest BCUT2D eigenvalue weighted by Crippen LogP contribution is 2.21. The molecule has 1 aromatic rings. The fourth-order valence-corrected chi connectivity index (χ4v) is 1.69. The smallest absolute Gasteiger partial charge is 0.150 e. The fraction of sp³-hybridized carbons (Fsp3) is 0.400. The van der Waals surface area contributed by atoms with E-state index >= 15 is 0 Å². The number of alkyl halides is 1. The van der Waals surface area contributed by atoms with Gasteiger partial charge in [0.25, 0.3) is 0 Å². The van der Waals surface area contributed by atoms with Gasteiger partial charge in [-0.15, -0.1) is 11.6 Å². The second-order valence-electron chi connectivity index (χ2n) is 3.36. The third-order valence-electron chi connectivity index (χ3n) is 1.88. The van der Waals surface area contributed by atoms with E-state index in [1.807, 2.05) is 0 Å². The maximum atomic E-state index is 12.8. The van der Waals surface area contributed by atoms with Crippen molar-refractivity contribution < 1.29 is 17.5 Å². The van der Waals surface area contributed by atoms with Crippen molar-refractivity contribution in [1.29, 1.82) is 0 Å². The number of sulfone groups is 1. The fourth-order valence-electron chi connectivity index (χ4n) is 1.10. The van der Waals surface area contributed by atoms with Crippen LogP contribution in [0.25, 0.3) is 0 Å². The van der Waals surface area contributed by atoms with Crippen molar-refractivity contribution in [3.8, 4) is 5.75 Å². The van der Waals surface area contributed by atoms with Crippen LogP contribution in [0, 0.1) is 5.82 Å². The van der Waals surface area contributed by atoms with Gasteiger partial charge in [0.1, 0.15) is 18.2 Å². The minimum Gasteiger partial charge on any atom is -0.492 e. The molecule has 0 heterocycles. The van der Waals surface area contributed by atoms with Crippen molar-refractivity contribution in [2.45, 2.75) is 5.88 Å². The minimum absolute atomic E-state index is 0.0361. The van der Waals surface area contributed by atoms with Gasteiger partial charge in [0, 0.05) is 11.8 Å². The predicted molar refractivity (Wildman–Crippen MR) is 61.2 cm³/mol. The van der Waals surface area contributed by atoms with Gasteiger partial charge in [-0.3, -0.25) is 0 Å². The van der Waals surface area contributed by atoms with Crippen LogP contribution in [0.5, 0.6) is 5.75 Å². The number of benzene rings is 1. The highest BCUT2D eigenvalue weighted by molar-refractivity contribution is 7.90. The lowest BCUT2D eigenvalue weighted by Gasteiger charge is -2.09. The van der Waals surface area contributed by atoms with Crippen LogP contribution in [0.1, 0.15) is 5.56 Å². The Morgan fingerprint density at radius 3 is 2.69 bits per heavy atom. The number of halogens is 2. The summed E-state index contributed by atoms with van der Waals surface area (Å²) in [6.45, 7) is 0.0361. The molecule has 0 bridgehead atoms. The Morgan fingerprint density at radius 1 is 1.44 bits per heavy atom. The number of hydrogen-bond acceptors (Lipinski definition) is 3. The highest BCUT2D eigenvalue weighted by atomic mass is 35.5. The molecule has 90 valence electrons. The van der Waals surface area contributed by atoms with Crippen LogP contribution in [0.4, 0.5) is 4.39 Å². The average molecular weight is 267 g/mol. The molecule has 0 unspecified atom stereocenters. The second-order valence-corrected chi connectivity index (χ2v) is 5.89. The molecular weight excluding hydrogens is 255 g/mol. The normalized spacial score (nSPS) is 11.4. The Balaban J connectivity index is 2.67. The van der Waals surface area contributed by atoms with E-state index in [2.05, 4.69) is 0 Å². The summed E-state index contributed by atoms with van der Waals surface area (Å²) in [5.41, 5.74) is 0.509. The van der Waals surface area contributed by atoms with E-state index in [1.54, 1.807) is 0 Å². The van der Waals surface area contributed by atoms with Gasteiger partial charge in [-0.05, 0) is 18.2 Å². The van der Waals surface area contributed by atoms with Crippen LogP contribution >= 0.6 is 11.6 Å². The van der Waals surface area contributed by atoms with Crippen molar-refractivity contribution in [2.75, 3.05) is 18.6 Å². The van der Waals surface area contributed by atoms with Gasteiger partial charge in [0.15, 0.2) is 9.84 Å². The summed E-state index contributed by atoms with van der Waals surface area (Å²) < 4.78 is 39.8. The van der Waals surface area contributed by atoms with E-state index in [1.165, 1.54) is 18.2 Å². The van der Waals surface area contributed by atoms with Crippen LogP contribution in [-0.4, -0.2) is 27.0 Å². The van der Waals surface area contributed by atoms with Crippen LogP contribution < -0.4 is 4.74 Å². The molecule has 0 saturated heterocycles. The molecule has 3 nitrogen and oxygen atoms in total. The van der Waals surface area contributed by atoms with Crippen molar-refractivity contribution in [1.82, 2.24) is 0 Å². The zero-order valence-electron chi connectivity index (χ0n) is 8.74. The van der Waals surface area contributed by atoms with Crippen LogP contribution in [-0.2, 0) is 15.7 Å². The van der Waals surface area contributed by atoms with Gasteiger partial charge in [0.2, 0.25) is 0 Å². The molecule has 0 aliphatic carbocycles. The molecule has 0 fully saturated rings. The monoisotopic (exact) mass is 266 g/mol. The van der Waals surface area contributed by atoms with E-state index in [9.17, 15) is 12.8 Å². The van der Waals surface area contributed by atoms with Crippen molar-refractivity contribution >= 4 is 21.4 Å². The first-order valence-corrected chi connectivity index (χ1v) is 7.17. The first kappa shape index (κ1) is 13.3. The molecule has 0 aliphatic heterocycles. The lowest BCUT2D eigenvalue weighted by atomic mass is 10.2. The van der Waals surface area contributed by atoms with Crippen LogP contribution in [0.3, 0.4) is 0 Å². The topological polar surface area (TPSA) is 43.4 Å². The van der Waals surface area contributed by atoms with E-state index in [0.29, 0.717) is 11.3 Å². The van der Waals surface area contributed by atoms with Crippen LogP contribution in [0.15, 0.2) is 18.2 Å². The van der Waals surface area contributed by atoms with Crippen molar-refractivity contribution in [3.05, 3.63) is 29.6 Å². The van der Waals surface area contributed by atoms with Gasteiger partial charge in [-0.1, -0.05) is 0 Å². The summed E-state index contributed by atoms with van der Waals surface area (Å²) >= 11 is 5.61. The SMILES string of the molecule is CS(=O)(=O)CCOc1ccc(F)cc1CCl. The zero-order chi connectivity index (χ0) is 12.2. The third kappa shape index (κ3) is 4.37. The minimum atomic E-state index is -3.05. The Bertz CT molecular complexity index is 459. The summed E-state index contributed by atoms with van der Waals surface area (Å²) in [6.07, 6.45) is 1.13. The summed E-state index contributed by atoms with van der Waals surface area (Å²) in [7, 11) is -3.05. The first-order valence-electron chi connectivity index (χ1n) is 4.57. The van der Waals surface area contributed by atoms with Gasteiger partial charge < -0.3 is 4.74 Å². The average Bonchev–Trinajstić information content (AvgIpc) is 2.18. The molecular formula is C10H12ClFO3S. The molecule has 1 rings (SSSR count). The van der Waals surface area contributed by atoms with Crippen molar-refractivity contribution in [3.63, 3.8) is 0 Å². The number of hydrogen-bond donors (Lipinski definition) is 0. The van der Waals surface area contributed by atoms with Gasteiger partial charge >= 0.3 is 0 Å². The number of rotatable bonds is 5. The lowest BCUT2D eigenvalue weighted by Crippen LogP contribution is -2.12. The van der Waals surface area contributed by atoms with Gasteiger partial charge in [-0.2, -0.15) is 0 Å². The van der Waals surface area contributed by atoms with E-state index in [4.69, 9.17) is 16.3 Å². The number of ether oxygens (including phenoxy) is 1. The molecule has 6 heteroatoms. The molecule has 0 atom stereocenters. The second kappa shape index (κ2) is 5.50. The highest BCUT2D eigenvalue weighted by Gasteiger charge is 2.06. The van der Waals surface area contributed by atoms with Crippen LogP contribution in [0.2, 0.25) is 0 Å². The summed E-state index contributed by atoms with van der Waals surface area (Å²) in [6, 6.07) is 3.95. The van der Waals surface area contributed by atoms with E-state index in [0.717, 1.165) is 6.26 Å². The van der Waals surface area contributed by atoms with E-state index in [-0.39, 0.29) is 18.2 Å². The van der Waals surface area contributed by atoms with Gasteiger partial charge in [0.05, 0.1) is 11.6 Å².